The van der Waals surface area contributed by atoms with Crippen molar-refractivity contribution in [1.82, 2.24) is 20.1 Å². The van der Waals surface area contributed by atoms with E-state index in [1.54, 1.807) is 17.0 Å². The van der Waals surface area contributed by atoms with E-state index in [1.165, 1.54) is 18.5 Å². The number of amides is 1. The normalized spacial score (nSPS) is 14.7. The fourth-order valence-corrected chi connectivity index (χ4v) is 3.21. The number of aliphatic imine (C=N–C) groups is 1. The number of carbonyl (C=O) groups is 1. The quantitative estimate of drug-likeness (QED) is 0.242. The highest BCUT2D eigenvalue weighted by molar-refractivity contribution is 14.0. The number of halogens is 4. The number of piperazine rings is 1. The van der Waals surface area contributed by atoms with Crippen LogP contribution < -0.4 is 10.6 Å². The summed E-state index contributed by atoms with van der Waals surface area (Å²) in [5.41, 5.74) is -0.803. The average Bonchev–Trinajstić information content (AvgIpc) is 3.30. The zero-order valence-electron chi connectivity index (χ0n) is 17.6. The average molecular weight is 566 g/mol. The molecule has 0 aliphatic carbocycles. The van der Waals surface area contributed by atoms with Gasteiger partial charge in [-0.15, -0.1) is 24.0 Å². The maximum atomic E-state index is 13.0. The summed E-state index contributed by atoms with van der Waals surface area (Å²) in [6.07, 6.45) is -1.69. The Bertz CT molecular complexity index is 884. The molecule has 8 nitrogen and oxygen atoms in total. The summed E-state index contributed by atoms with van der Waals surface area (Å²) < 4.78 is 44.3. The minimum atomic E-state index is -4.47. The van der Waals surface area contributed by atoms with Crippen molar-refractivity contribution in [2.24, 2.45) is 4.99 Å². The Balaban J connectivity index is 0.00000363. The van der Waals surface area contributed by atoms with Gasteiger partial charge in [-0.05, 0) is 31.2 Å². The molecule has 2 aromatic heterocycles. The van der Waals surface area contributed by atoms with Gasteiger partial charge in [0.1, 0.15) is 5.82 Å². The van der Waals surface area contributed by atoms with Crippen molar-refractivity contribution >= 4 is 41.7 Å². The minimum Gasteiger partial charge on any atom is -0.459 e. The standard InChI is InChI=1S/C20H25F3N6O2.HI/c1-2-24-19(27-9-8-26-17-15(20(21,22)23)5-3-7-25-17)29-12-10-28(11-13-29)18(30)16-6-4-14-31-16;/h3-7,14H,2,8-13H2,1H3,(H,24,27)(H,25,26);1H. The number of guanidine groups is 1. The van der Waals surface area contributed by atoms with Gasteiger partial charge in [0, 0.05) is 45.5 Å². The van der Waals surface area contributed by atoms with Gasteiger partial charge in [-0.2, -0.15) is 13.2 Å². The summed E-state index contributed by atoms with van der Waals surface area (Å²) in [5.74, 6) is 0.617. The summed E-state index contributed by atoms with van der Waals surface area (Å²) >= 11 is 0. The molecule has 0 radical (unpaired) electrons. The third kappa shape index (κ3) is 6.74. The highest BCUT2D eigenvalue weighted by Gasteiger charge is 2.34. The van der Waals surface area contributed by atoms with E-state index in [2.05, 4.69) is 20.6 Å². The van der Waals surface area contributed by atoms with Crippen LogP contribution in [0.1, 0.15) is 23.0 Å². The van der Waals surface area contributed by atoms with Crippen LogP contribution in [0.2, 0.25) is 0 Å². The first-order chi connectivity index (χ1) is 14.9. The number of rotatable bonds is 6. The molecular weight excluding hydrogens is 540 g/mol. The van der Waals surface area contributed by atoms with Crippen molar-refractivity contribution in [2.75, 3.05) is 51.1 Å². The molecule has 1 fully saturated rings. The Morgan fingerprint density at radius 1 is 1.19 bits per heavy atom. The van der Waals surface area contributed by atoms with Gasteiger partial charge in [0.15, 0.2) is 11.7 Å². The van der Waals surface area contributed by atoms with E-state index in [4.69, 9.17) is 4.42 Å². The maximum absolute atomic E-state index is 13.0. The van der Waals surface area contributed by atoms with Crippen LogP contribution in [-0.2, 0) is 6.18 Å². The zero-order valence-corrected chi connectivity index (χ0v) is 19.9. The molecule has 12 heteroatoms. The number of furan rings is 1. The SMILES string of the molecule is CCNC(=NCCNc1ncccc1C(F)(F)F)N1CCN(C(=O)c2ccco2)CC1.I. The zero-order chi connectivity index (χ0) is 22.3. The van der Waals surface area contributed by atoms with E-state index in [0.29, 0.717) is 44.4 Å². The van der Waals surface area contributed by atoms with Crippen molar-refractivity contribution in [3.63, 3.8) is 0 Å². The van der Waals surface area contributed by atoms with Crippen molar-refractivity contribution < 1.29 is 22.4 Å². The molecule has 0 bridgehead atoms. The van der Waals surface area contributed by atoms with Gasteiger partial charge in [0.2, 0.25) is 0 Å². The molecule has 0 spiro atoms. The monoisotopic (exact) mass is 566 g/mol. The van der Waals surface area contributed by atoms with Crippen LogP contribution >= 0.6 is 24.0 Å². The fraction of sp³-hybridized carbons (Fsp3) is 0.450. The lowest BCUT2D eigenvalue weighted by Gasteiger charge is -2.36. The molecule has 1 amide bonds. The van der Waals surface area contributed by atoms with Crippen LogP contribution in [0.15, 0.2) is 46.1 Å². The number of hydrogen-bond acceptors (Lipinski definition) is 5. The lowest BCUT2D eigenvalue weighted by atomic mass is 10.2. The lowest BCUT2D eigenvalue weighted by molar-refractivity contribution is -0.137. The number of aromatic nitrogens is 1. The number of nitrogens with zero attached hydrogens (tertiary/aromatic N) is 4. The van der Waals surface area contributed by atoms with Gasteiger partial charge in [0.05, 0.1) is 18.4 Å². The Labute approximate surface area is 201 Å². The first kappa shape index (κ1) is 25.7. The van der Waals surface area contributed by atoms with Crippen molar-refractivity contribution in [3.05, 3.63) is 48.0 Å². The van der Waals surface area contributed by atoms with Crippen LogP contribution in [0.4, 0.5) is 19.0 Å². The van der Waals surface area contributed by atoms with Crippen LogP contribution in [0.25, 0.3) is 0 Å². The van der Waals surface area contributed by atoms with Gasteiger partial charge in [-0.3, -0.25) is 9.79 Å². The Hall–Kier alpha value is -2.51. The molecule has 32 heavy (non-hydrogen) atoms. The molecule has 3 rings (SSSR count). The third-order valence-electron chi connectivity index (χ3n) is 4.71. The first-order valence-corrected chi connectivity index (χ1v) is 10.0. The molecular formula is C20H26F3IN6O2. The molecule has 1 aliphatic heterocycles. The number of pyridine rings is 1. The van der Waals surface area contributed by atoms with E-state index < -0.39 is 11.7 Å². The molecule has 2 N–H and O–H groups in total. The molecule has 0 unspecified atom stereocenters. The van der Waals surface area contributed by atoms with Gasteiger partial charge in [-0.25, -0.2) is 4.98 Å². The molecule has 0 atom stereocenters. The molecule has 1 saturated heterocycles. The molecule has 2 aromatic rings. The van der Waals surface area contributed by atoms with E-state index in [9.17, 15) is 18.0 Å². The predicted octanol–water partition coefficient (Wildman–Crippen LogP) is 3.15. The number of carbonyl (C=O) groups excluding carboxylic acids is 1. The summed E-state index contributed by atoms with van der Waals surface area (Å²) in [5, 5.41) is 5.90. The van der Waals surface area contributed by atoms with E-state index >= 15 is 0 Å². The predicted molar refractivity (Wildman–Crippen MR) is 125 cm³/mol. The lowest BCUT2D eigenvalue weighted by Crippen LogP contribution is -2.53. The largest absolute Gasteiger partial charge is 0.459 e. The molecule has 0 aromatic carbocycles. The minimum absolute atomic E-state index is 0. The summed E-state index contributed by atoms with van der Waals surface area (Å²) in [4.78, 5) is 24.4. The summed E-state index contributed by atoms with van der Waals surface area (Å²) in [6, 6.07) is 5.56. The smallest absolute Gasteiger partial charge is 0.419 e. The van der Waals surface area contributed by atoms with Crippen molar-refractivity contribution in [2.45, 2.75) is 13.1 Å². The maximum Gasteiger partial charge on any atom is 0.419 e. The number of nitrogens with one attached hydrogen (secondary N) is 2. The van der Waals surface area contributed by atoms with Crippen LogP contribution in [0.5, 0.6) is 0 Å². The Kier molecular flexibility index (Phi) is 9.60. The Morgan fingerprint density at radius 2 is 1.91 bits per heavy atom. The molecule has 3 heterocycles. The van der Waals surface area contributed by atoms with Crippen LogP contribution in [0.3, 0.4) is 0 Å². The second-order valence-electron chi connectivity index (χ2n) is 6.82. The van der Waals surface area contributed by atoms with E-state index in [0.717, 1.165) is 6.07 Å². The number of alkyl halides is 3. The first-order valence-electron chi connectivity index (χ1n) is 10.0. The number of hydrogen-bond donors (Lipinski definition) is 2. The second kappa shape index (κ2) is 11.9. The van der Waals surface area contributed by atoms with E-state index in [-0.39, 0.29) is 48.8 Å². The highest BCUT2D eigenvalue weighted by atomic mass is 127. The van der Waals surface area contributed by atoms with Crippen molar-refractivity contribution in [1.29, 1.82) is 0 Å². The topological polar surface area (TPSA) is 86.0 Å². The second-order valence-corrected chi connectivity index (χ2v) is 6.82. The van der Waals surface area contributed by atoms with E-state index in [1.807, 2.05) is 11.8 Å². The van der Waals surface area contributed by atoms with Crippen LogP contribution in [0, 0.1) is 0 Å². The van der Waals surface area contributed by atoms with Crippen LogP contribution in [-0.4, -0.2) is 72.5 Å². The summed E-state index contributed by atoms with van der Waals surface area (Å²) in [7, 11) is 0. The number of anilines is 1. The third-order valence-corrected chi connectivity index (χ3v) is 4.71. The molecule has 176 valence electrons. The summed E-state index contributed by atoms with van der Waals surface area (Å²) in [6.45, 7) is 5.27. The van der Waals surface area contributed by atoms with Gasteiger partial charge < -0.3 is 24.9 Å². The highest BCUT2D eigenvalue weighted by Crippen LogP contribution is 2.33. The molecule has 1 aliphatic rings. The van der Waals surface area contributed by atoms with Crippen molar-refractivity contribution in [3.8, 4) is 0 Å². The van der Waals surface area contributed by atoms with Gasteiger partial charge >= 0.3 is 6.18 Å². The van der Waals surface area contributed by atoms with Gasteiger partial charge in [0.25, 0.3) is 5.91 Å². The Morgan fingerprint density at radius 3 is 2.53 bits per heavy atom. The van der Waals surface area contributed by atoms with Gasteiger partial charge in [-0.1, -0.05) is 0 Å². The fourth-order valence-electron chi connectivity index (χ4n) is 3.21. The molecule has 0 saturated carbocycles.